The maximum absolute atomic E-state index is 13.1. The van der Waals surface area contributed by atoms with E-state index in [9.17, 15) is 4.79 Å². The van der Waals surface area contributed by atoms with Gasteiger partial charge in [0.05, 0.1) is 24.6 Å². The fourth-order valence-corrected chi connectivity index (χ4v) is 4.43. The van der Waals surface area contributed by atoms with E-state index in [1.807, 2.05) is 59.9 Å². The number of nitrogens with zero attached hydrogens (tertiary/aromatic N) is 4. The Morgan fingerprint density at radius 2 is 1.76 bits per heavy atom. The first-order chi connectivity index (χ1) is 16.2. The highest BCUT2D eigenvalue weighted by atomic mass is 32.2. The molecule has 0 saturated carbocycles. The van der Waals surface area contributed by atoms with Crippen molar-refractivity contribution in [3.05, 3.63) is 58.9 Å². The van der Waals surface area contributed by atoms with Crippen LogP contribution in [-0.4, -0.2) is 51.8 Å². The molecule has 0 aliphatic carbocycles. The largest absolute Gasteiger partial charge is 0.497 e. The number of ether oxygens (including phenoxy) is 3. The molecule has 0 fully saturated rings. The zero-order chi connectivity index (χ0) is 23.0. The summed E-state index contributed by atoms with van der Waals surface area (Å²) in [5.41, 5.74) is 0.770. The molecule has 9 heteroatoms. The smallest absolute Gasteiger partial charge is 0.262 e. The third-order valence-corrected chi connectivity index (χ3v) is 6.22. The highest BCUT2D eigenvalue weighted by Gasteiger charge is 2.16. The monoisotopic (exact) mass is 468 g/mol. The molecule has 0 atom stereocenters. The lowest BCUT2D eigenvalue weighted by Gasteiger charge is -2.11. The molecule has 0 unspecified atom stereocenters. The summed E-state index contributed by atoms with van der Waals surface area (Å²) in [5.74, 6) is 3.00. The first-order valence-corrected chi connectivity index (χ1v) is 12.1. The van der Waals surface area contributed by atoms with Gasteiger partial charge < -0.3 is 14.2 Å². The number of fused-ring (bicyclic) bond motifs is 3. The van der Waals surface area contributed by atoms with E-state index in [1.165, 1.54) is 0 Å². The van der Waals surface area contributed by atoms with Gasteiger partial charge in [-0.25, -0.2) is 0 Å². The van der Waals surface area contributed by atoms with Gasteiger partial charge in [0.1, 0.15) is 11.5 Å². The maximum Gasteiger partial charge on any atom is 0.262 e. The summed E-state index contributed by atoms with van der Waals surface area (Å²) in [6, 6.07) is 15.2. The first-order valence-electron chi connectivity index (χ1n) is 11.1. The van der Waals surface area contributed by atoms with Crippen LogP contribution in [0.5, 0.6) is 11.5 Å². The lowest BCUT2D eigenvalue weighted by Crippen LogP contribution is -2.24. The number of para-hydroxylation sites is 1. The Kier molecular flexibility index (Phi) is 7.85. The molecule has 33 heavy (non-hydrogen) atoms. The van der Waals surface area contributed by atoms with E-state index in [0.717, 1.165) is 40.8 Å². The molecule has 0 aliphatic heterocycles. The van der Waals surface area contributed by atoms with Crippen molar-refractivity contribution in [1.29, 1.82) is 0 Å². The Morgan fingerprint density at radius 3 is 2.55 bits per heavy atom. The number of methoxy groups -OCH3 is 1. The molecular weight excluding hydrogens is 440 g/mol. The number of thioether (sulfide) groups is 1. The van der Waals surface area contributed by atoms with Crippen molar-refractivity contribution in [3.8, 4) is 11.5 Å². The van der Waals surface area contributed by atoms with Crippen LogP contribution in [0.3, 0.4) is 0 Å². The van der Waals surface area contributed by atoms with Gasteiger partial charge in [0, 0.05) is 25.5 Å². The Balaban J connectivity index is 1.47. The Labute approximate surface area is 196 Å². The van der Waals surface area contributed by atoms with Crippen molar-refractivity contribution < 1.29 is 14.2 Å². The van der Waals surface area contributed by atoms with Crippen molar-refractivity contribution in [2.45, 2.75) is 31.5 Å². The predicted molar refractivity (Wildman–Crippen MR) is 130 cm³/mol. The van der Waals surface area contributed by atoms with Crippen LogP contribution in [-0.2, 0) is 11.3 Å². The summed E-state index contributed by atoms with van der Waals surface area (Å²) in [7, 11) is 1.64. The van der Waals surface area contributed by atoms with Crippen LogP contribution in [0.15, 0.2) is 58.5 Å². The summed E-state index contributed by atoms with van der Waals surface area (Å²) < 4.78 is 20.1. The molecule has 2 heterocycles. The van der Waals surface area contributed by atoms with Gasteiger partial charge in [0.15, 0.2) is 5.16 Å². The van der Waals surface area contributed by atoms with Gasteiger partial charge >= 0.3 is 0 Å². The standard InChI is InChI=1S/C24H28N4O4S/c1-3-31-15-6-14-27-22(29)20-8-4-5-9-21(20)28-23(27)25-26-24(28)33-17-7-16-32-19-12-10-18(30-2)11-13-19/h4-5,8-13H,3,6-7,14-17H2,1-2H3. The molecule has 0 bridgehead atoms. The summed E-state index contributed by atoms with van der Waals surface area (Å²) in [4.78, 5) is 13.1. The van der Waals surface area contributed by atoms with E-state index < -0.39 is 0 Å². The number of hydrogen-bond donors (Lipinski definition) is 0. The van der Waals surface area contributed by atoms with E-state index in [0.29, 0.717) is 37.5 Å². The van der Waals surface area contributed by atoms with Gasteiger partial charge in [-0.1, -0.05) is 23.9 Å². The third-order valence-electron chi connectivity index (χ3n) is 5.20. The molecule has 4 aromatic rings. The normalized spacial score (nSPS) is 11.3. The van der Waals surface area contributed by atoms with Crippen LogP contribution >= 0.6 is 11.8 Å². The molecule has 2 aromatic carbocycles. The van der Waals surface area contributed by atoms with Gasteiger partial charge in [-0.05, 0) is 56.2 Å². The molecule has 8 nitrogen and oxygen atoms in total. The SMILES string of the molecule is CCOCCCn1c(=O)c2ccccc2n2c(SCCCOc3ccc(OC)cc3)nnc12. The Morgan fingerprint density at radius 1 is 0.970 bits per heavy atom. The lowest BCUT2D eigenvalue weighted by molar-refractivity contribution is 0.141. The molecule has 0 amide bonds. The summed E-state index contributed by atoms with van der Waals surface area (Å²) in [6.07, 6.45) is 1.58. The van der Waals surface area contributed by atoms with Gasteiger partial charge in [0.2, 0.25) is 5.78 Å². The second-order valence-electron chi connectivity index (χ2n) is 7.37. The Hall–Kier alpha value is -3.04. The van der Waals surface area contributed by atoms with E-state index in [-0.39, 0.29) is 5.56 Å². The molecule has 4 rings (SSSR count). The average Bonchev–Trinajstić information content (AvgIpc) is 3.27. The van der Waals surface area contributed by atoms with Crippen molar-refractivity contribution in [2.24, 2.45) is 0 Å². The van der Waals surface area contributed by atoms with Gasteiger partial charge in [0.25, 0.3) is 5.56 Å². The summed E-state index contributed by atoms with van der Waals surface area (Å²) >= 11 is 1.61. The van der Waals surface area contributed by atoms with Gasteiger partial charge in [-0.15, -0.1) is 10.2 Å². The molecule has 0 radical (unpaired) electrons. The Bertz CT molecular complexity index is 1250. The van der Waals surface area contributed by atoms with Gasteiger partial charge in [-0.3, -0.25) is 13.8 Å². The van der Waals surface area contributed by atoms with Crippen LogP contribution in [0.1, 0.15) is 19.8 Å². The fourth-order valence-electron chi connectivity index (χ4n) is 3.58. The van der Waals surface area contributed by atoms with Crippen molar-refractivity contribution >= 4 is 28.4 Å². The maximum atomic E-state index is 13.1. The molecule has 0 saturated heterocycles. The topological polar surface area (TPSA) is 79.9 Å². The van der Waals surface area contributed by atoms with Crippen LogP contribution in [0.2, 0.25) is 0 Å². The average molecular weight is 469 g/mol. The molecule has 2 aromatic heterocycles. The van der Waals surface area contributed by atoms with Crippen LogP contribution < -0.4 is 15.0 Å². The quantitative estimate of drug-likeness (QED) is 0.229. The number of aryl methyl sites for hydroxylation is 1. The summed E-state index contributed by atoms with van der Waals surface area (Å²) in [5, 5.41) is 10.2. The van der Waals surface area contributed by atoms with Crippen molar-refractivity contribution in [2.75, 3.05) is 32.7 Å². The third kappa shape index (κ3) is 5.31. The minimum Gasteiger partial charge on any atom is -0.497 e. The molecule has 0 N–H and O–H groups in total. The zero-order valence-corrected chi connectivity index (χ0v) is 19.7. The highest BCUT2D eigenvalue weighted by Crippen LogP contribution is 2.23. The van der Waals surface area contributed by atoms with E-state index in [4.69, 9.17) is 14.2 Å². The van der Waals surface area contributed by atoms with Crippen LogP contribution in [0, 0.1) is 0 Å². The highest BCUT2D eigenvalue weighted by molar-refractivity contribution is 7.99. The second-order valence-corrected chi connectivity index (χ2v) is 8.43. The summed E-state index contributed by atoms with van der Waals surface area (Å²) in [6.45, 7) is 4.36. The number of rotatable bonds is 12. The van der Waals surface area contributed by atoms with Crippen molar-refractivity contribution in [3.63, 3.8) is 0 Å². The number of aromatic nitrogens is 4. The van der Waals surface area contributed by atoms with Crippen LogP contribution in [0.25, 0.3) is 16.7 Å². The first kappa shape index (κ1) is 23.1. The van der Waals surface area contributed by atoms with Gasteiger partial charge in [-0.2, -0.15) is 0 Å². The zero-order valence-electron chi connectivity index (χ0n) is 18.9. The second kappa shape index (κ2) is 11.2. The number of benzene rings is 2. The van der Waals surface area contributed by atoms with Crippen molar-refractivity contribution in [1.82, 2.24) is 19.2 Å². The van der Waals surface area contributed by atoms with E-state index in [1.54, 1.807) is 23.4 Å². The minimum absolute atomic E-state index is 0.0496. The number of hydrogen-bond acceptors (Lipinski definition) is 7. The molecule has 0 aliphatic rings. The lowest BCUT2D eigenvalue weighted by atomic mass is 10.2. The van der Waals surface area contributed by atoms with E-state index >= 15 is 0 Å². The van der Waals surface area contributed by atoms with Crippen LogP contribution in [0.4, 0.5) is 0 Å². The predicted octanol–water partition coefficient (Wildman–Crippen LogP) is 4.04. The fraction of sp³-hybridized carbons (Fsp3) is 0.375. The molecule has 174 valence electrons. The molecule has 0 spiro atoms. The minimum atomic E-state index is -0.0496. The molecular formula is C24H28N4O4S. The van der Waals surface area contributed by atoms with E-state index in [2.05, 4.69) is 10.2 Å².